The normalized spacial score (nSPS) is 14.6. The van der Waals surface area contributed by atoms with Gasteiger partial charge in [0, 0.05) is 30.3 Å². The van der Waals surface area contributed by atoms with Crippen molar-refractivity contribution in [3.05, 3.63) is 53.1 Å². The van der Waals surface area contributed by atoms with Crippen LogP contribution >= 0.6 is 0 Å². The maximum absolute atomic E-state index is 12.2. The molecule has 188 valence electrons. The molecule has 2 N–H and O–H groups in total. The lowest BCUT2D eigenvalue weighted by atomic mass is 10.00. The van der Waals surface area contributed by atoms with E-state index < -0.39 is 0 Å². The molecule has 1 atom stereocenters. The zero-order valence-corrected chi connectivity index (χ0v) is 20.8. The Morgan fingerprint density at radius 3 is 2.64 bits per heavy atom. The molecule has 1 aliphatic rings. The highest BCUT2D eigenvalue weighted by atomic mass is 16.5. The van der Waals surface area contributed by atoms with Crippen LogP contribution in [0.4, 0.5) is 0 Å². The number of amides is 1. The number of nitriles is 1. The average molecular weight is 490 g/mol. The fourth-order valence-corrected chi connectivity index (χ4v) is 4.20. The van der Waals surface area contributed by atoms with Gasteiger partial charge in [-0.3, -0.25) is 9.69 Å². The van der Waals surface area contributed by atoms with Gasteiger partial charge in [0.25, 0.3) is 5.89 Å². The first kappa shape index (κ1) is 25.4. The zero-order chi connectivity index (χ0) is 25.7. The number of nitrogens with zero attached hydrogens (tertiary/aromatic N) is 4. The second-order valence-corrected chi connectivity index (χ2v) is 9.32. The molecule has 0 bridgehead atoms. The number of ether oxygens (including phenoxy) is 1. The highest BCUT2D eigenvalue weighted by molar-refractivity contribution is 5.78. The standard InChI is InChI=1S/C27H31N5O4/c1-17(2)35-24-7-6-22(13-23(24)14-28)27-30-26(31-36-27)21-5-4-19-8-10-32(11-9-20(19)12-21)15-25(34)29-18(3)16-33/h4-7,12-13,17-18,33H,8-11,15-16H2,1-3H3,(H,29,34)/t18-/m0/s1. The van der Waals surface area contributed by atoms with Crippen molar-refractivity contribution in [1.82, 2.24) is 20.4 Å². The maximum Gasteiger partial charge on any atom is 0.258 e. The number of rotatable bonds is 8. The van der Waals surface area contributed by atoms with Gasteiger partial charge < -0.3 is 19.7 Å². The monoisotopic (exact) mass is 489 g/mol. The van der Waals surface area contributed by atoms with E-state index in [0.717, 1.165) is 31.5 Å². The highest BCUT2D eigenvalue weighted by Crippen LogP contribution is 2.29. The number of hydrogen-bond donors (Lipinski definition) is 2. The Morgan fingerprint density at radius 2 is 1.92 bits per heavy atom. The Bertz CT molecular complexity index is 1260. The van der Waals surface area contributed by atoms with Crippen molar-refractivity contribution in [3.8, 4) is 34.7 Å². The van der Waals surface area contributed by atoms with Gasteiger partial charge in [0.1, 0.15) is 11.8 Å². The molecule has 2 aromatic carbocycles. The minimum absolute atomic E-state index is 0.0367. The molecule has 36 heavy (non-hydrogen) atoms. The van der Waals surface area contributed by atoms with E-state index in [1.54, 1.807) is 25.1 Å². The summed E-state index contributed by atoms with van der Waals surface area (Å²) < 4.78 is 11.2. The Morgan fingerprint density at radius 1 is 1.17 bits per heavy atom. The lowest BCUT2D eigenvalue weighted by Gasteiger charge is -2.20. The summed E-state index contributed by atoms with van der Waals surface area (Å²) in [5, 5.41) is 25.6. The van der Waals surface area contributed by atoms with Crippen molar-refractivity contribution in [2.75, 3.05) is 26.2 Å². The van der Waals surface area contributed by atoms with E-state index in [9.17, 15) is 10.1 Å². The summed E-state index contributed by atoms with van der Waals surface area (Å²) in [7, 11) is 0. The van der Waals surface area contributed by atoms with Crippen LogP contribution < -0.4 is 10.1 Å². The molecule has 0 aliphatic carbocycles. The Balaban J connectivity index is 1.47. The quantitative estimate of drug-likeness (QED) is 0.495. The first-order valence-electron chi connectivity index (χ1n) is 12.2. The average Bonchev–Trinajstić information content (AvgIpc) is 3.27. The first-order valence-corrected chi connectivity index (χ1v) is 12.2. The third-order valence-electron chi connectivity index (χ3n) is 6.04. The maximum atomic E-state index is 12.2. The summed E-state index contributed by atoms with van der Waals surface area (Å²) in [6.07, 6.45) is 1.61. The molecule has 0 unspecified atom stereocenters. The molecule has 0 fully saturated rings. The van der Waals surface area contributed by atoms with Crippen molar-refractivity contribution in [1.29, 1.82) is 5.26 Å². The lowest BCUT2D eigenvalue weighted by Crippen LogP contribution is -2.43. The van der Waals surface area contributed by atoms with E-state index in [2.05, 4.69) is 38.6 Å². The SMILES string of the molecule is CC(C)Oc1ccc(-c2nc(-c3ccc4c(c3)CCN(CC(=O)N[C@@H](C)CO)CC4)no2)cc1C#N. The van der Waals surface area contributed by atoms with Gasteiger partial charge in [0.05, 0.1) is 24.8 Å². The number of aliphatic hydroxyl groups excluding tert-OH is 1. The third kappa shape index (κ3) is 6.08. The van der Waals surface area contributed by atoms with Gasteiger partial charge in [-0.15, -0.1) is 0 Å². The van der Waals surface area contributed by atoms with Gasteiger partial charge in [-0.25, -0.2) is 0 Å². The van der Waals surface area contributed by atoms with Gasteiger partial charge in [0.2, 0.25) is 11.7 Å². The van der Waals surface area contributed by atoms with Crippen LogP contribution in [-0.4, -0.2) is 64.4 Å². The van der Waals surface area contributed by atoms with Gasteiger partial charge >= 0.3 is 0 Å². The molecule has 9 heteroatoms. The molecule has 0 saturated carbocycles. The summed E-state index contributed by atoms with van der Waals surface area (Å²) in [6.45, 7) is 7.38. The van der Waals surface area contributed by atoms with Crippen LogP contribution in [0.2, 0.25) is 0 Å². The Labute approximate surface area is 210 Å². The molecule has 9 nitrogen and oxygen atoms in total. The molecule has 1 aromatic heterocycles. The predicted molar refractivity (Wildman–Crippen MR) is 134 cm³/mol. The van der Waals surface area contributed by atoms with E-state index in [1.165, 1.54) is 11.1 Å². The number of carbonyl (C=O) groups is 1. The van der Waals surface area contributed by atoms with Crippen LogP contribution in [0.3, 0.4) is 0 Å². The largest absolute Gasteiger partial charge is 0.490 e. The molecule has 2 heterocycles. The van der Waals surface area contributed by atoms with Crippen LogP contribution in [0.15, 0.2) is 40.9 Å². The van der Waals surface area contributed by atoms with Crippen molar-refractivity contribution in [2.24, 2.45) is 0 Å². The van der Waals surface area contributed by atoms with Gasteiger partial charge in [-0.05, 0) is 69.0 Å². The number of aliphatic hydroxyl groups is 1. The van der Waals surface area contributed by atoms with Crippen LogP contribution in [-0.2, 0) is 17.6 Å². The fourth-order valence-electron chi connectivity index (χ4n) is 4.20. The molecule has 0 spiro atoms. The van der Waals surface area contributed by atoms with E-state index in [4.69, 9.17) is 14.4 Å². The van der Waals surface area contributed by atoms with Crippen LogP contribution in [0.5, 0.6) is 5.75 Å². The van der Waals surface area contributed by atoms with Crippen molar-refractivity contribution < 1.29 is 19.2 Å². The topological polar surface area (TPSA) is 125 Å². The van der Waals surface area contributed by atoms with Gasteiger partial charge in [-0.2, -0.15) is 10.2 Å². The summed E-state index contributed by atoms with van der Waals surface area (Å²) >= 11 is 0. The van der Waals surface area contributed by atoms with E-state index in [0.29, 0.717) is 35.1 Å². The molecular weight excluding hydrogens is 458 g/mol. The number of hydrogen-bond acceptors (Lipinski definition) is 8. The molecule has 3 aromatic rings. The third-order valence-corrected chi connectivity index (χ3v) is 6.04. The minimum Gasteiger partial charge on any atom is -0.490 e. The van der Waals surface area contributed by atoms with Crippen molar-refractivity contribution in [3.63, 3.8) is 0 Å². The highest BCUT2D eigenvalue weighted by Gasteiger charge is 2.19. The zero-order valence-electron chi connectivity index (χ0n) is 20.8. The van der Waals surface area contributed by atoms with Gasteiger partial charge in [0.15, 0.2) is 0 Å². The van der Waals surface area contributed by atoms with Gasteiger partial charge in [-0.1, -0.05) is 17.3 Å². The van der Waals surface area contributed by atoms with E-state index in [-0.39, 0.29) is 24.7 Å². The second-order valence-electron chi connectivity index (χ2n) is 9.32. The minimum atomic E-state index is -0.248. The Kier molecular flexibility index (Phi) is 7.98. The number of aromatic nitrogens is 2. The van der Waals surface area contributed by atoms with E-state index >= 15 is 0 Å². The lowest BCUT2D eigenvalue weighted by molar-refractivity contribution is -0.123. The molecule has 1 amide bonds. The molecule has 1 aliphatic heterocycles. The van der Waals surface area contributed by atoms with Crippen LogP contribution in [0.1, 0.15) is 37.5 Å². The van der Waals surface area contributed by atoms with Crippen molar-refractivity contribution >= 4 is 5.91 Å². The molecule has 0 radical (unpaired) electrons. The summed E-state index contributed by atoms with van der Waals surface area (Å²) in [5.74, 6) is 1.26. The summed E-state index contributed by atoms with van der Waals surface area (Å²) in [5.41, 5.74) is 4.36. The summed E-state index contributed by atoms with van der Waals surface area (Å²) in [6, 6.07) is 13.3. The Hall–Kier alpha value is -3.74. The number of nitrogens with one attached hydrogen (secondary N) is 1. The first-order chi connectivity index (χ1) is 17.4. The second kappa shape index (κ2) is 11.3. The van der Waals surface area contributed by atoms with E-state index in [1.807, 2.05) is 19.9 Å². The van der Waals surface area contributed by atoms with Crippen molar-refractivity contribution in [2.45, 2.75) is 45.8 Å². The number of fused-ring (bicyclic) bond motifs is 1. The number of carbonyl (C=O) groups excluding carboxylic acids is 1. The van der Waals surface area contributed by atoms with Crippen LogP contribution in [0.25, 0.3) is 22.8 Å². The van der Waals surface area contributed by atoms with Crippen LogP contribution in [0, 0.1) is 11.3 Å². The predicted octanol–water partition coefficient (Wildman–Crippen LogP) is 2.96. The number of benzene rings is 2. The summed E-state index contributed by atoms with van der Waals surface area (Å²) in [4.78, 5) is 18.9. The molecule has 0 saturated heterocycles. The molecule has 4 rings (SSSR count). The molecular formula is C27H31N5O4. The smallest absolute Gasteiger partial charge is 0.258 e. The fraction of sp³-hybridized carbons (Fsp3) is 0.407.